The van der Waals surface area contributed by atoms with Crippen LogP contribution in [0.25, 0.3) is 0 Å². The maximum atomic E-state index is 12.6. The number of sulfone groups is 1. The number of anilines is 1. The second-order valence-electron chi connectivity index (χ2n) is 5.27. The third-order valence-electron chi connectivity index (χ3n) is 3.35. The van der Waals surface area contributed by atoms with Crippen molar-refractivity contribution in [3.63, 3.8) is 0 Å². The third-order valence-corrected chi connectivity index (χ3v) is 5.57. The van der Waals surface area contributed by atoms with Crippen molar-refractivity contribution in [2.45, 2.75) is 37.8 Å². The van der Waals surface area contributed by atoms with Crippen LogP contribution in [-0.4, -0.2) is 24.7 Å². The van der Waals surface area contributed by atoms with Gasteiger partial charge in [-0.15, -0.1) is 0 Å². The van der Waals surface area contributed by atoms with Crippen LogP contribution in [0.2, 0.25) is 0 Å². The SMILES string of the molecule is Cc1ccc(S(=O)(=O)[C@H](C)C(=O)Nc2cc(C)on2)c(C)c1. The molecule has 0 aliphatic rings. The van der Waals surface area contributed by atoms with Gasteiger partial charge in [-0.2, -0.15) is 0 Å². The number of hydrogen-bond acceptors (Lipinski definition) is 5. The molecule has 7 heteroatoms. The van der Waals surface area contributed by atoms with Gasteiger partial charge in [-0.25, -0.2) is 8.42 Å². The standard InChI is InChI=1S/C15H18N2O4S/c1-9-5-6-13(10(2)7-9)22(19,20)12(4)15(18)16-14-8-11(3)21-17-14/h5-8,12H,1-4H3,(H,16,17,18)/t12-/m1/s1. The molecule has 0 aliphatic carbocycles. The van der Waals surface area contributed by atoms with Crippen molar-refractivity contribution >= 4 is 21.6 Å². The molecule has 1 aromatic heterocycles. The molecule has 0 aliphatic heterocycles. The van der Waals surface area contributed by atoms with Gasteiger partial charge in [-0.05, 0) is 39.3 Å². The first-order valence-corrected chi connectivity index (χ1v) is 8.32. The molecule has 0 saturated heterocycles. The molecule has 118 valence electrons. The predicted molar refractivity (Wildman–Crippen MR) is 82.4 cm³/mol. The number of hydrogen-bond donors (Lipinski definition) is 1. The summed E-state index contributed by atoms with van der Waals surface area (Å²) in [6.07, 6.45) is 0. The highest BCUT2D eigenvalue weighted by Crippen LogP contribution is 2.22. The van der Waals surface area contributed by atoms with E-state index in [0.717, 1.165) is 5.56 Å². The molecular formula is C15H18N2O4S. The maximum Gasteiger partial charge on any atom is 0.244 e. The molecule has 2 aromatic rings. The summed E-state index contributed by atoms with van der Waals surface area (Å²) in [4.78, 5) is 12.3. The zero-order valence-electron chi connectivity index (χ0n) is 12.9. The Labute approximate surface area is 129 Å². The normalized spacial score (nSPS) is 12.9. The van der Waals surface area contributed by atoms with E-state index in [4.69, 9.17) is 4.52 Å². The Morgan fingerprint density at radius 2 is 1.91 bits per heavy atom. The molecule has 0 saturated carbocycles. The summed E-state index contributed by atoms with van der Waals surface area (Å²) in [5.74, 6) is 0.0821. The van der Waals surface area contributed by atoms with E-state index < -0.39 is 21.0 Å². The predicted octanol–water partition coefficient (Wildman–Crippen LogP) is 2.40. The van der Waals surface area contributed by atoms with E-state index in [2.05, 4.69) is 10.5 Å². The average Bonchev–Trinajstić information content (AvgIpc) is 2.82. The Morgan fingerprint density at radius 3 is 2.45 bits per heavy atom. The van der Waals surface area contributed by atoms with E-state index in [1.165, 1.54) is 19.1 Å². The first-order chi connectivity index (χ1) is 10.2. The Morgan fingerprint density at radius 1 is 1.23 bits per heavy atom. The molecular weight excluding hydrogens is 304 g/mol. The van der Waals surface area contributed by atoms with Crippen molar-refractivity contribution in [2.24, 2.45) is 0 Å². The van der Waals surface area contributed by atoms with Gasteiger partial charge in [0.2, 0.25) is 5.91 Å². The Bertz CT molecular complexity index is 809. The van der Waals surface area contributed by atoms with Crippen LogP contribution in [0, 0.1) is 20.8 Å². The van der Waals surface area contributed by atoms with Crippen LogP contribution in [-0.2, 0) is 14.6 Å². The van der Waals surface area contributed by atoms with Crippen LogP contribution in [0.1, 0.15) is 23.8 Å². The number of benzene rings is 1. The molecule has 0 radical (unpaired) electrons. The number of amides is 1. The number of rotatable bonds is 4. The second-order valence-corrected chi connectivity index (χ2v) is 7.51. The lowest BCUT2D eigenvalue weighted by atomic mass is 10.2. The van der Waals surface area contributed by atoms with Crippen molar-refractivity contribution in [3.8, 4) is 0 Å². The summed E-state index contributed by atoms with van der Waals surface area (Å²) < 4.78 is 30.0. The van der Waals surface area contributed by atoms with E-state index in [0.29, 0.717) is 11.3 Å². The topological polar surface area (TPSA) is 89.3 Å². The van der Waals surface area contributed by atoms with Gasteiger partial charge in [0, 0.05) is 6.07 Å². The van der Waals surface area contributed by atoms with Crippen molar-refractivity contribution in [1.82, 2.24) is 5.16 Å². The fraction of sp³-hybridized carbons (Fsp3) is 0.333. The first kappa shape index (κ1) is 16.2. The summed E-state index contributed by atoms with van der Waals surface area (Å²) in [5.41, 5.74) is 1.59. The number of carbonyl (C=O) groups is 1. The highest BCUT2D eigenvalue weighted by Gasteiger charge is 2.31. The van der Waals surface area contributed by atoms with Crippen LogP contribution in [0.5, 0.6) is 0 Å². The smallest absolute Gasteiger partial charge is 0.244 e. The largest absolute Gasteiger partial charge is 0.360 e. The summed E-state index contributed by atoms with van der Waals surface area (Å²) >= 11 is 0. The number of nitrogens with one attached hydrogen (secondary N) is 1. The lowest BCUT2D eigenvalue weighted by Gasteiger charge is -2.14. The fourth-order valence-corrected chi connectivity index (χ4v) is 3.59. The van der Waals surface area contributed by atoms with Gasteiger partial charge in [-0.1, -0.05) is 22.9 Å². The van der Waals surface area contributed by atoms with Crippen molar-refractivity contribution in [2.75, 3.05) is 5.32 Å². The minimum absolute atomic E-state index is 0.164. The molecule has 1 amide bonds. The van der Waals surface area contributed by atoms with Crippen LogP contribution < -0.4 is 5.32 Å². The number of aryl methyl sites for hydroxylation is 3. The van der Waals surface area contributed by atoms with Crippen LogP contribution >= 0.6 is 0 Å². The van der Waals surface area contributed by atoms with Gasteiger partial charge in [0.15, 0.2) is 15.7 Å². The lowest BCUT2D eigenvalue weighted by Crippen LogP contribution is -2.33. The van der Waals surface area contributed by atoms with E-state index in [1.54, 1.807) is 26.0 Å². The molecule has 0 bridgehead atoms. The summed E-state index contributed by atoms with van der Waals surface area (Å²) in [5, 5.41) is 4.84. The number of aromatic nitrogens is 1. The van der Waals surface area contributed by atoms with Crippen LogP contribution in [0.4, 0.5) is 5.82 Å². The van der Waals surface area contributed by atoms with E-state index >= 15 is 0 Å². The Kier molecular flexibility index (Phi) is 4.37. The monoisotopic (exact) mass is 322 g/mol. The van der Waals surface area contributed by atoms with E-state index in [9.17, 15) is 13.2 Å². The number of nitrogens with zero attached hydrogens (tertiary/aromatic N) is 1. The van der Waals surface area contributed by atoms with Crippen molar-refractivity contribution in [3.05, 3.63) is 41.2 Å². The molecule has 22 heavy (non-hydrogen) atoms. The van der Waals surface area contributed by atoms with Gasteiger partial charge >= 0.3 is 0 Å². The average molecular weight is 322 g/mol. The summed E-state index contributed by atoms with van der Waals surface area (Å²) in [6.45, 7) is 6.63. The quantitative estimate of drug-likeness (QED) is 0.933. The first-order valence-electron chi connectivity index (χ1n) is 6.77. The van der Waals surface area contributed by atoms with E-state index in [1.807, 2.05) is 6.92 Å². The minimum Gasteiger partial charge on any atom is -0.360 e. The highest BCUT2D eigenvalue weighted by atomic mass is 32.2. The van der Waals surface area contributed by atoms with Crippen molar-refractivity contribution in [1.29, 1.82) is 0 Å². The Balaban J connectivity index is 2.26. The molecule has 1 heterocycles. The van der Waals surface area contributed by atoms with Gasteiger partial charge < -0.3 is 9.84 Å². The van der Waals surface area contributed by atoms with Gasteiger partial charge in [0.1, 0.15) is 11.0 Å². The van der Waals surface area contributed by atoms with Crippen molar-refractivity contribution < 1.29 is 17.7 Å². The van der Waals surface area contributed by atoms with Crippen LogP contribution in [0.3, 0.4) is 0 Å². The van der Waals surface area contributed by atoms with Gasteiger partial charge in [0.05, 0.1) is 4.90 Å². The molecule has 1 atom stereocenters. The van der Waals surface area contributed by atoms with E-state index in [-0.39, 0.29) is 10.7 Å². The van der Waals surface area contributed by atoms with Crippen LogP contribution in [0.15, 0.2) is 33.7 Å². The lowest BCUT2D eigenvalue weighted by molar-refractivity contribution is -0.115. The fourth-order valence-electron chi connectivity index (χ4n) is 2.10. The maximum absolute atomic E-state index is 12.6. The summed E-state index contributed by atoms with van der Waals surface area (Å²) in [6, 6.07) is 6.54. The number of carbonyl (C=O) groups excluding carboxylic acids is 1. The molecule has 0 fully saturated rings. The molecule has 6 nitrogen and oxygen atoms in total. The molecule has 2 rings (SSSR count). The molecule has 1 aromatic carbocycles. The highest BCUT2D eigenvalue weighted by molar-refractivity contribution is 7.92. The summed E-state index contributed by atoms with van der Waals surface area (Å²) in [7, 11) is -3.77. The zero-order valence-corrected chi connectivity index (χ0v) is 13.7. The second kappa shape index (κ2) is 5.92. The molecule has 1 N–H and O–H groups in total. The minimum atomic E-state index is -3.77. The molecule has 0 unspecified atom stereocenters. The third kappa shape index (κ3) is 3.19. The van der Waals surface area contributed by atoms with Gasteiger partial charge in [0.25, 0.3) is 0 Å². The zero-order chi connectivity index (χ0) is 16.5. The Hall–Kier alpha value is -2.15. The van der Waals surface area contributed by atoms with Gasteiger partial charge in [-0.3, -0.25) is 4.79 Å². The molecule has 0 spiro atoms.